The monoisotopic (exact) mass is 409 g/mol. The third-order valence-corrected chi connectivity index (χ3v) is 5.02. The number of rotatable bonds is 8. The molecule has 0 aliphatic rings. The lowest BCUT2D eigenvalue weighted by molar-refractivity contribution is -0.384. The molecule has 148 valence electrons. The first kappa shape index (κ1) is 20.2. The molecule has 3 rings (SSSR count). The number of thiazole rings is 1. The minimum Gasteiger partial charge on any atom is -0.497 e. The zero-order chi connectivity index (χ0) is 20.6. The van der Waals surface area contributed by atoms with Crippen molar-refractivity contribution in [2.24, 2.45) is 0 Å². The predicted molar refractivity (Wildman–Crippen MR) is 113 cm³/mol. The van der Waals surface area contributed by atoms with Crippen LogP contribution in [-0.2, 0) is 11.2 Å². The van der Waals surface area contributed by atoms with Gasteiger partial charge < -0.3 is 10.1 Å². The molecule has 0 saturated heterocycles. The summed E-state index contributed by atoms with van der Waals surface area (Å²) in [5.41, 5.74) is 2.65. The van der Waals surface area contributed by atoms with E-state index in [2.05, 4.69) is 10.3 Å². The van der Waals surface area contributed by atoms with E-state index in [4.69, 9.17) is 4.74 Å². The van der Waals surface area contributed by atoms with Gasteiger partial charge in [-0.15, -0.1) is 11.3 Å². The van der Waals surface area contributed by atoms with Gasteiger partial charge in [0.1, 0.15) is 5.75 Å². The van der Waals surface area contributed by atoms with Gasteiger partial charge in [-0.25, -0.2) is 4.98 Å². The Hall–Kier alpha value is -3.52. The fourth-order valence-corrected chi connectivity index (χ4v) is 3.36. The molecule has 0 aliphatic heterocycles. The van der Waals surface area contributed by atoms with Gasteiger partial charge >= 0.3 is 0 Å². The average Bonchev–Trinajstić information content (AvgIpc) is 3.21. The quantitative estimate of drug-likeness (QED) is 0.343. The van der Waals surface area contributed by atoms with Gasteiger partial charge in [-0.2, -0.15) is 0 Å². The number of nitro groups is 1. The van der Waals surface area contributed by atoms with E-state index in [-0.39, 0.29) is 11.6 Å². The second-order valence-corrected chi connectivity index (χ2v) is 7.02. The van der Waals surface area contributed by atoms with Crippen LogP contribution in [0.1, 0.15) is 10.6 Å². The van der Waals surface area contributed by atoms with Crippen LogP contribution in [0.3, 0.4) is 0 Å². The molecular formula is C21H19N3O4S. The van der Waals surface area contributed by atoms with E-state index >= 15 is 0 Å². The summed E-state index contributed by atoms with van der Waals surface area (Å²) in [5, 5.41) is 16.4. The van der Waals surface area contributed by atoms with Gasteiger partial charge in [-0.1, -0.05) is 0 Å². The van der Waals surface area contributed by atoms with Crippen LogP contribution in [0.2, 0.25) is 0 Å². The highest BCUT2D eigenvalue weighted by molar-refractivity contribution is 7.09. The molecule has 0 saturated carbocycles. The fourth-order valence-electron chi connectivity index (χ4n) is 2.55. The highest BCUT2D eigenvalue weighted by Crippen LogP contribution is 2.24. The van der Waals surface area contributed by atoms with E-state index in [9.17, 15) is 14.9 Å². The maximum atomic E-state index is 11.9. The van der Waals surface area contributed by atoms with Gasteiger partial charge in [0.15, 0.2) is 0 Å². The lowest BCUT2D eigenvalue weighted by Gasteiger charge is -2.01. The van der Waals surface area contributed by atoms with E-state index in [1.807, 2.05) is 29.6 Å². The molecular weight excluding hydrogens is 390 g/mol. The lowest BCUT2D eigenvalue weighted by atomic mass is 10.2. The Balaban J connectivity index is 1.47. The highest BCUT2D eigenvalue weighted by atomic mass is 32.1. The summed E-state index contributed by atoms with van der Waals surface area (Å²) >= 11 is 1.55. The topological polar surface area (TPSA) is 94.4 Å². The molecule has 7 nitrogen and oxygen atoms in total. The first-order valence-corrected chi connectivity index (χ1v) is 9.72. The number of amides is 1. The molecule has 1 amide bonds. The summed E-state index contributed by atoms with van der Waals surface area (Å²) in [6, 6.07) is 13.7. The van der Waals surface area contributed by atoms with Crippen LogP contribution in [0, 0.1) is 10.1 Å². The van der Waals surface area contributed by atoms with E-state index in [1.165, 1.54) is 18.2 Å². The maximum absolute atomic E-state index is 11.9. The number of carbonyl (C=O) groups excluding carboxylic acids is 1. The molecule has 0 atom stereocenters. The van der Waals surface area contributed by atoms with E-state index in [0.29, 0.717) is 13.0 Å². The number of hydrogen-bond acceptors (Lipinski definition) is 6. The predicted octanol–water partition coefficient (Wildman–Crippen LogP) is 4.10. The maximum Gasteiger partial charge on any atom is 0.269 e. The summed E-state index contributed by atoms with van der Waals surface area (Å²) in [7, 11) is 1.63. The molecule has 3 aromatic rings. The number of methoxy groups -OCH3 is 1. The molecule has 2 aromatic carbocycles. The standard InChI is InChI=1S/C21H19N3O4S/c1-28-18-9-5-16(6-10-18)19-14-29-21(23-19)12-13-22-20(25)11-4-15-2-7-17(8-3-15)24(26)27/h2-11,14H,12-13H2,1H3,(H,22,25)/b11-4+. The van der Waals surface area contributed by atoms with Crippen LogP contribution < -0.4 is 10.1 Å². The van der Waals surface area contributed by atoms with Crippen LogP contribution in [0.15, 0.2) is 60.0 Å². The molecule has 0 aliphatic carbocycles. The summed E-state index contributed by atoms with van der Waals surface area (Å²) in [5.74, 6) is 0.573. The Labute approximate surface area is 171 Å². The van der Waals surface area contributed by atoms with Gasteiger partial charge in [-0.05, 0) is 48.0 Å². The number of non-ortho nitro benzene ring substituents is 1. The van der Waals surface area contributed by atoms with Crippen molar-refractivity contribution in [2.75, 3.05) is 13.7 Å². The van der Waals surface area contributed by atoms with E-state index < -0.39 is 4.92 Å². The number of ether oxygens (including phenoxy) is 1. The Morgan fingerprint density at radius 3 is 2.59 bits per heavy atom. The van der Waals surface area contributed by atoms with Crippen LogP contribution in [-0.4, -0.2) is 29.5 Å². The smallest absolute Gasteiger partial charge is 0.269 e. The zero-order valence-electron chi connectivity index (χ0n) is 15.7. The average molecular weight is 409 g/mol. The minimum atomic E-state index is -0.459. The molecule has 0 fully saturated rings. The second-order valence-electron chi connectivity index (χ2n) is 6.08. The Kier molecular flexibility index (Phi) is 6.70. The van der Waals surface area contributed by atoms with Gasteiger partial charge in [-0.3, -0.25) is 14.9 Å². The molecule has 1 N–H and O–H groups in total. The largest absolute Gasteiger partial charge is 0.497 e. The van der Waals surface area contributed by atoms with Crippen molar-refractivity contribution in [1.82, 2.24) is 10.3 Å². The highest BCUT2D eigenvalue weighted by Gasteiger charge is 2.06. The zero-order valence-corrected chi connectivity index (χ0v) is 16.5. The molecule has 1 heterocycles. The van der Waals surface area contributed by atoms with Crippen molar-refractivity contribution in [3.8, 4) is 17.0 Å². The first-order valence-electron chi connectivity index (χ1n) is 8.84. The number of nitrogens with one attached hydrogen (secondary N) is 1. The third-order valence-electron chi connectivity index (χ3n) is 4.11. The number of aromatic nitrogens is 1. The van der Waals surface area contributed by atoms with Crippen LogP contribution in [0.4, 0.5) is 5.69 Å². The number of carbonyl (C=O) groups is 1. The Morgan fingerprint density at radius 1 is 1.21 bits per heavy atom. The third kappa shape index (κ3) is 5.73. The van der Waals surface area contributed by atoms with Crippen molar-refractivity contribution >= 4 is 29.0 Å². The van der Waals surface area contributed by atoms with Crippen molar-refractivity contribution in [3.05, 3.63) is 80.7 Å². The Morgan fingerprint density at radius 2 is 1.93 bits per heavy atom. The minimum absolute atomic E-state index is 0.0176. The van der Waals surface area contributed by atoms with Gasteiger partial charge in [0, 0.05) is 42.1 Å². The van der Waals surface area contributed by atoms with Gasteiger partial charge in [0.2, 0.25) is 5.91 Å². The van der Waals surface area contributed by atoms with Gasteiger partial charge in [0.05, 0.1) is 22.7 Å². The van der Waals surface area contributed by atoms with Crippen LogP contribution in [0.25, 0.3) is 17.3 Å². The van der Waals surface area contributed by atoms with Crippen molar-refractivity contribution in [1.29, 1.82) is 0 Å². The summed E-state index contributed by atoms with van der Waals surface area (Å²) in [6.45, 7) is 0.471. The molecule has 0 radical (unpaired) electrons. The number of hydrogen-bond donors (Lipinski definition) is 1. The molecule has 1 aromatic heterocycles. The number of nitro benzene ring substituents is 1. The molecule has 0 unspecified atom stereocenters. The van der Waals surface area contributed by atoms with Crippen LogP contribution >= 0.6 is 11.3 Å². The molecule has 0 spiro atoms. The summed E-state index contributed by atoms with van der Waals surface area (Å²) in [6.07, 6.45) is 3.66. The normalized spacial score (nSPS) is 10.8. The van der Waals surface area contributed by atoms with Crippen molar-refractivity contribution in [3.63, 3.8) is 0 Å². The molecule has 0 bridgehead atoms. The number of nitrogens with zero attached hydrogens (tertiary/aromatic N) is 2. The van der Waals surface area contributed by atoms with Gasteiger partial charge in [0.25, 0.3) is 5.69 Å². The van der Waals surface area contributed by atoms with E-state index in [0.717, 1.165) is 27.6 Å². The van der Waals surface area contributed by atoms with Crippen LogP contribution in [0.5, 0.6) is 5.75 Å². The fraction of sp³-hybridized carbons (Fsp3) is 0.143. The lowest BCUT2D eigenvalue weighted by Crippen LogP contribution is -2.23. The summed E-state index contributed by atoms with van der Waals surface area (Å²) in [4.78, 5) is 26.7. The number of benzene rings is 2. The SMILES string of the molecule is COc1ccc(-c2csc(CCNC(=O)/C=C/c3ccc([N+](=O)[O-])cc3)n2)cc1. The second kappa shape index (κ2) is 9.61. The first-order chi connectivity index (χ1) is 14.0. The summed E-state index contributed by atoms with van der Waals surface area (Å²) < 4.78 is 5.16. The van der Waals surface area contributed by atoms with Crippen molar-refractivity contribution in [2.45, 2.75) is 6.42 Å². The Bertz CT molecular complexity index is 1010. The molecule has 29 heavy (non-hydrogen) atoms. The van der Waals surface area contributed by atoms with E-state index in [1.54, 1.807) is 36.7 Å². The molecule has 8 heteroatoms. The van der Waals surface area contributed by atoms with Crippen molar-refractivity contribution < 1.29 is 14.5 Å².